The largest absolute Gasteiger partial charge is 0.497 e. The number of hydrogen-bond donors (Lipinski definition) is 1. The highest BCUT2D eigenvalue weighted by molar-refractivity contribution is 5.87. The molecule has 2 aliphatic heterocycles. The lowest BCUT2D eigenvalue weighted by atomic mass is 9.85. The van der Waals surface area contributed by atoms with Gasteiger partial charge in [-0.3, -0.25) is 4.90 Å². The van der Waals surface area contributed by atoms with Gasteiger partial charge < -0.3 is 23.9 Å². The molecule has 6 nitrogen and oxygen atoms in total. The predicted octanol–water partition coefficient (Wildman–Crippen LogP) is 5.79. The molecule has 3 heterocycles. The molecule has 0 saturated carbocycles. The summed E-state index contributed by atoms with van der Waals surface area (Å²) in [6.07, 6.45) is 1.84. The quantitative estimate of drug-likeness (QED) is 0.363. The molecule has 1 unspecified atom stereocenters. The van der Waals surface area contributed by atoms with Crippen LogP contribution < -0.4 is 14.2 Å². The predicted molar refractivity (Wildman–Crippen MR) is 147 cm³/mol. The molecular weight excluding hydrogens is 464 g/mol. The molecule has 0 bridgehead atoms. The minimum absolute atomic E-state index is 0. The molecule has 6 heteroatoms. The molecular formula is C31H36N2O4. The van der Waals surface area contributed by atoms with E-state index in [1.54, 1.807) is 14.2 Å². The molecule has 6 rings (SSSR count). The average Bonchev–Trinajstić information content (AvgIpc) is 3.22. The van der Waals surface area contributed by atoms with E-state index in [-0.39, 0.29) is 20.2 Å². The van der Waals surface area contributed by atoms with E-state index in [4.69, 9.17) is 14.2 Å². The van der Waals surface area contributed by atoms with Crippen LogP contribution in [0.5, 0.6) is 17.2 Å². The third-order valence-corrected chi connectivity index (χ3v) is 7.92. The summed E-state index contributed by atoms with van der Waals surface area (Å²) < 4.78 is 19.6. The van der Waals surface area contributed by atoms with Crippen molar-refractivity contribution in [3.8, 4) is 17.2 Å². The van der Waals surface area contributed by atoms with Crippen molar-refractivity contribution in [2.75, 3.05) is 20.8 Å². The first-order valence-corrected chi connectivity index (χ1v) is 12.5. The molecule has 3 aromatic carbocycles. The summed E-state index contributed by atoms with van der Waals surface area (Å²) in [5.74, 6) is 2.41. The zero-order valence-electron chi connectivity index (χ0n) is 21.1. The number of aliphatic hydroxyl groups excluding tert-OH is 1. The second-order valence-corrected chi connectivity index (χ2v) is 9.74. The third-order valence-electron chi connectivity index (χ3n) is 7.92. The van der Waals surface area contributed by atoms with Crippen LogP contribution in [0, 0.1) is 6.92 Å². The van der Waals surface area contributed by atoms with Crippen molar-refractivity contribution < 1.29 is 19.3 Å². The van der Waals surface area contributed by atoms with Gasteiger partial charge >= 0.3 is 0 Å². The lowest BCUT2D eigenvalue weighted by molar-refractivity contribution is 0.145. The highest BCUT2D eigenvalue weighted by atomic mass is 16.5. The number of aromatic nitrogens is 1. The van der Waals surface area contributed by atoms with Crippen molar-refractivity contribution in [3.05, 3.63) is 88.1 Å². The molecule has 0 amide bonds. The van der Waals surface area contributed by atoms with Crippen LogP contribution in [0.15, 0.2) is 54.6 Å². The minimum Gasteiger partial charge on any atom is -0.497 e. The molecule has 1 aromatic heterocycles. The maximum absolute atomic E-state index is 10.2. The van der Waals surface area contributed by atoms with Crippen LogP contribution in [0.25, 0.3) is 10.9 Å². The molecule has 0 radical (unpaired) electrons. The minimum atomic E-state index is -0.0251. The first-order valence-electron chi connectivity index (χ1n) is 12.5. The smallest absolute Gasteiger partial charge is 0.161 e. The second-order valence-electron chi connectivity index (χ2n) is 9.74. The van der Waals surface area contributed by atoms with E-state index in [9.17, 15) is 5.11 Å². The van der Waals surface area contributed by atoms with Crippen LogP contribution in [0.4, 0.5) is 0 Å². The van der Waals surface area contributed by atoms with Crippen molar-refractivity contribution in [1.82, 2.24) is 9.47 Å². The zero-order valence-corrected chi connectivity index (χ0v) is 21.1. The van der Waals surface area contributed by atoms with Gasteiger partial charge in [0.25, 0.3) is 0 Å². The molecule has 0 fully saturated rings. The molecule has 1 N–H and O–H groups in total. The summed E-state index contributed by atoms with van der Waals surface area (Å²) in [6.45, 7) is 4.38. The molecule has 4 aromatic rings. The second kappa shape index (κ2) is 10.1. The number of hydrogen-bond acceptors (Lipinski definition) is 5. The van der Waals surface area contributed by atoms with Gasteiger partial charge in [0.15, 0.2) is 11.5 Å². The highest BCUT2D eigenvalue weighted by Crippen LogP contribution is 2.45. The Kier molecular flexibility index (Phi) is 6.88. The standard InChI is InChI=1S/C30H32N2O4.CH4/c1-19-6-4-5-7-21(19)17-36-30-12-20-10-11-31-16-28-25(14-27(31)23(20)15-29(30)35-3)24-13-22(34-2)8-9-26(24)32(28)18-33;/h4-9,12-13,15,27,33H,10-11,14,16-18H2,1-3H3;1H4. The molecule has 2 aliphatic rings. The fourth-order valence-corrected chi connectivity index (χ4v) is 5.93. The molecule has 0 saturated heterocycles. The number of benzene rings is 3. The Labute approximate surface area is 219 Å². The SMILES string of the molecule is C.COc1ccc2c(c1)c1c(n2CO)CN2CCc3cc(OCc4ccccc4C)c(OC)cc3C2C1. The first-order chi connectivity index (χ1) is 17.6. The van der Waals surface area contributed by atoms with E-state index in [1.807, 2.05) is 22.8 Å². The van der Waals surface area contributed by atoms with Gasteiger partial charge in [0, 0.05) is 30.2 Å². The number of rotatable bonds is 6. The molecule has 0 aliphatic carbocycles. The van der Waals surface area contributed by atoms with Crippen LogP contribution >= 0.6 is 0 Å². The Morgan fingerprint density at radius 2 is 1.84 bits per heavy atom. The van der Waals surface area contributed by atoms with E-state index < -0.39 is 0 Å². The summed E-state index contributed by atoms with van der Waals surface area (Å²) >= 11 is 0. The number of aliphatic hydroxyl groups is 1. The lowest BCUT2D eigenvalue weighted by Crippen LogP contribution is -2.39. The maximum Gasteiger partial charge on any atom is 0.161 e. The van der Waals surface area contributed by atoms with Crippen molar-refractivity contribution in [2.45, 2.75) is 53.1 Å². The van der Waals surface area contributed by atoms with Crippen LogP contribution in [-0.2, 0) is 32.7 Å². The zero-order chi connectivity index (χ0) is 24.8. The van der Waals surface area contributed by atoms with Gasteiger partial charge in [-0.25, -0.2) is 0 Å². The summed E-state index contributed by atoms with van der Waals surface area (Å²) in [6, 6.07) is 19.0. The van der Waals surface area contributed by atoms with Gasteiger partial charge in [0.2, 0.25) is 0 Å². The Morgan fingerprint density at radius 3 is 2.59 bits per heavy atom. The highest BCUT2D eigenvalue weighted by Gasteiger charge is 2.36. The summed E-state index contributed by atoms with van der Waals surface area (Å²) in [7, 11) is 3.41. The van der Waals surface area contributed by atoms with E-state index in [0.29, 0.717) is 6.61 Å². The maximum atomic E-state index is 10.2. The topological polar surface area (TPSA) is 56.1 Å². The Morgan fingerprint density at radius 1 is 1.00 bits per heavy atom. The van der Waals surface area contributed by atoms with Crippen LogP contribution in [-0.4, -0.2) is 35.3 Å². The Balaban J connectivity index is 0.00000280. The molecule has 194 valence electrons. The van der Waals surface area contributed by atoms with Gasteiger partial charge in [-0.15, -0.1) is 0 Å². The van der Waals surface area contributed by atoms with Crippen molar-refractivity contribution in [1.29, 1.82) is 0 Å². The van der Waals surface area contributed by atoms with Gasteiger partial charge in [0.1, 0.15) is 19.1 Å². The number of ether oxygens (including phenoxy) is 3. The van der Waals surface area contributed by atoms with E-state index in [2.05, 4.69) is 48.2 Å². The summed E-state index contributed by atoms with van der Waals surface area (Å²) in [5.41, 5.74) is 8.58. The fourth-order valence-electron chi connectivity index (χ4n) is 5.93. The normalized spacial score (nSPS) is 16.4. The van der Waals surface area contributed by atoms with E-state index >= 15 is 0 Å². The average molecular weight is 501 g/mol. The number of aryl methyl sites for hydroxylation is 1. The molecule has 37 heavy (non-hydrogen) atoms. The summed E-state index contributed by atoms with van der Waals surface area (Å²) in [5, 5.41) is 11.4. The number of methoxy groups -OCH3 is 2. The van der Waals surface area contributed by atoms with Gasteiger partial charge in [-0.2, -0.15) is 0 Å². The first kappa shape index (κ1) is 25.2. The number of nitrogens with zero attached hydrogens (tertiary/aromatic N) is 2. The van der Waals surface area contributed by atoms with Crippen LogP contribution in [0.3, 0.4) is 0 Å². The van der Waals surface area contributed by atoms with Gasteiger partial charge in [0.05, 0.1) is 19.7 Å². The molecule has 0 spiro atoms. The Hall–Kier alpha value is -3.48. The van der Waals surface area contributed by atoms with Crippen molar-refractivity contribution >= 4 is 10.9 Å². The Bertz CT molecular complexity index is 1440. The summed E-state index contributed by atoms with van der Waals surface area (Å²) in [4.78, 5) is 2.53. The van der Waals surface area contributed by atoms with Crippen LogP contribution in [0.2, 0.25) is 0 Å². The van der Waals surface area contributed by atoms with Crippen molar-refractivity contribution in [3.63, 3.8) is 0 Å². The van der Waals surface area contributed by atoms with Crippen LogP contribution in [0.1, 0.15) is 47.0 Å². The number of fused-ring (bicyclic) bond motifs is 6. The fraction of sp³-hybridized carbons (Fsp3) is 0.355. The lowest BCUT2D eigenvalue weighted by Gasteiger charge is -2.41. The van der Waals surface area contributed by atoms with Gasteiger partial charge in [-0.1, -0.05) is 31.7 Å². The van der Waals surface area contributed by atoms with Gasteiger partial charge in [-0.05, 0) is 77.9 Å². The third kappa shape index (κ3) is 4.24. The van der Waals surface area contributed by atoms with E-state index in [0.717, 1.165) is 54.1 Å². The molecule has 1 atom stereocenters. The van der Waals surface area contributed by atoms with Crippen molar-refractivity contribution in [2.24, 2.45) is 0 Å². The monoisotopic (exact) mass is 500 g/mol. The van der Waals surface area contributed by atoms with E-state index in [1.165, 1.54) is 33.5 Å².